The number of ether oxygens (including phenoxy) is 2. The maximum Gasteiger partial charge on any atom is 0.262 e. The molecule has 0 fully saturated rings. The van der Waals surface area contributed by atoms with Crippen LogP contribution in [0.15, 0.2) is 70.5 Å². The Morgan fingerprint density at radius 2 is 1.44 bits per heavy atom. The molecule has 4 rings (SSSR count). The van der Waals surface area contributed by atoms with Crippen LogP contribution in [0.1, 0.15) is 0 Å². The largest absolute Gasteiger partial charge is 0.506 e. The van der Waals surface area contributed by atoms with Gasteiger partial charge in [0, 0.05) is 11.1 Å². The molecule has 0 bridgehead atoms. The number of anilines is 2. The van der Waals surface area contributed by atoms with Crippen LogP contribution >= 0.6 is 11.6 Å². The third kappa shape index (κ3) is 4.69. The summed E-state index contributed by atoms with van der Waals surface area (Å²) in [7, 11) is -8.27. The number of aromatic hydroxyl groups is 1. The summed E-state index contributed by atoms with van der Waals surface area (Å²) in [4.78, 5) is -0.415. The second kappa shape index (κ2) is 8.41. The number of benzene rings is 3. The van der Waals surface area contributed by atoms with E-state index < -0.39 is 25.8 Å². The first kappa shape index (κ1) is 22.1. The summed E-state index contributed by atoms with van der Waals surface area (Å²) in [6.45, 7) is 0.639. The highest BCUT2D eigenvalue weighted by atomic mass is 35.5. The van der Waals surface area contributed by atoms with Crippen LogP contribution < -0.4 is 18.9 Å². The van der Waals surface area contributed by atoms with Crippen molar-refractivity contribution in [1.29, 1.82) is 0 Å². The lowest BCUT2D eigenvalue weighted by Gasteiger charge is -2.19. The van der Waals surface area contributed by atoms with Crippen LogP contribution in [0.25, 0.3) is 0 Å². The highest BCUT2D eigenvalue weighted by Crippen LogP contribution is 2.34. The molecular weight excluding hydrogens is 480 g/mol. The van der Waals surface area contributed by atoms with Crippen LogP contribution in [0.2, 0.25) is 5.02 Å². The first-order valence-electron chi connectivity index (χ1n) is 9.18. The van der Waals surface area contributed by atoms with Gasteiger partial charge in [-0.25, -0.2) is 16.8 Å². The van der Waals surface area contributed by atoms with E-state index in [2.05, 4.69) is 9.44 Å². The Kier molecular flexibility index (Phi) is 5.80. The monoisotopic (exact) mass is 496 g/mol. The Balaban J connectivity index is 1.62. The van der Waals surface area contributed by atoms with Crippen molar-refractivity contribution in [2.45, 2.75) is 9.79 Å². The smallest absolute Gasteiger partial charge is 0.262 e. The second-order valence-corrected chi connectivity index (χ2v) is 10.5. The molecule has 1 heterocycles. The van der Waals surface area contributed by atoms with Crippen LogP contribution in [-0.2, 0) is 20.0 Å². The number of hydrogen-bond donors (Lipinski definition) is 3. The van der Waals surface area contributed by atoms with Crippen molar-refractivity contribution < 1.29 is 31.4 Å². The molecule has 3 aromatic rings. The lowest BCUT2D eigenvalue weighted by Crippen LogP contribution is -2.18. The minimum atomic E-state index is -4.17. The number of phenolic OH excluding ortho intramolecular Hbond substituents is 1. The third-order valence-corrected chi connectivity index (χ3v) is 7.40. The fourth-order valence-electron chi connectivity index (χ4n) is 2.92. The molecule has 168 valence electrons. The number of nitrogens with one attached hydrogen (secondary N) is 2. The Morgan fingerprint density at radius 1 is 0.781 bits per heavy atom. The van der Waals surface area contributed by atoms with Crippen molar-refractivity contribution in [2.24, 2.45) is 0 Å². The molecule has 0 aromatic heterocycles. The van der Waals surface area contributed by atoms with E-state index in [-0.39, 0.29) is 33.5 Å². The molecule has 1 aliphatic rings. The van der Waals surface area contributed by atoms with Crippen LogP contribution in [0.5, 0.6) is 17.2 Å². The second-order valence-electron chi connectivity index (χ2n) is 6.71. The highest BCUT2D eigenvalue weighted by molar-refractivity contribution is 7.93. The van der Waals surface area contributed by atoms with Crippen molar-refractivity contribution in [1.82, 2.24) is 0 Å². The van der Waals surface area contributed by atoms with Gasteiger partial charge < -0.3 is 14.6 Å². The van der Waals surface area contributed by atoms with Crippen LogP contribution in [-0.4, -0.2) is 35.2 Å². The summed E-state index contributed by atoms with van der Waals surface area (Å²) >= 11 is 5.88. The van der Waals surface area contributed by atoms with Crippen LogP contribution in [0.3, 0.4) is 0 Å². The van der Waals surface area contributed by atoms with Gasteiger partial charge in [-0.3, -0.25) is 9.44 Å². The van der Waals surface area contributed by atoms with Crippen molar-refractivity contribution in [3.63, 3.8) is 0 Å². The van der Waals surface area contributed by atoms with Gasteiger partial charge in [-0.05, 0) is 48.5 Å². The van der Waals surface area contributed by atoms with Gasteiger partial charge in [-0.2, -0.15) is 0 Å². The molecular formula is C20H17ClN2O7S2. The lowest BCUT2D eigenvalue weighted by atomic mass is 10.3. The zero-order chi connectivity index (χ0) is 22.9. The number of rotatable bonds is 6. The van der Waals surface area contributed by atoms with Crippen molar-refractivity contribution in [3.8, 4) is 17.2 Å². The van der Waals surface area contributed by atoms with E-state index in [0.717, 1.165) is 18.2 Å². The van der Waals surface area contributed by atoms with E-state index >= 15 is 0 Å². The Bertz CT molecular complexity index is 1390. The predicted molar refractivity (Wildman–Crippen MR) is 119 cm³/mol. The van der Waals surface area contributed by atoms with Crippen molar-refractivity contribution in [3.05, 3.63) is 65.7 Å². The minimum absolute atomic E-state index is 0.147. The quantitative estimate of drug-likeness (QED) is 0.445. The molecule has 12 heteroatoms. The van der Waals surface area contributed by atoms with Gasteiger partial charge in [0.05, 0.1) is 21.2 Å². The van der Waals surface area contributed by atoms with Gasteiger partial charge in [-0.1, -0.05) is 17.7 Å². The van der Waals surface area contributed by atoms with Crippen LogP contribution in [0.4, 0.5) is 11.4 Å². The number of sulfonamides is 2. The fraction of sp³-hybridized carbons (Fsp3) is 0.100. The molecule has 9 nitrogen and oxygen atoms in total. The molecule has 0 atom stereocenters. The molecule has 3 aromatic carbocycles. The minimum Gasteiger partial charge on any atom is -0.506 e. The van der Waals surface area contributed by atoms with Gasteiger partial charge in [0.2, 0.25) is 0 Å². The normalized spacial score (nSPS) is 13.4. The predicted octanol–water partition coefficient (Wildman–Crippen LogP) is 3.42. The average molecular weight is 497 g/mol. The summed E-state index contributed by atoms with van der Waals surface area (Å²) in [6.07, 6.45) is 0. The highest BCUT2D eigenvalue weighted by Gasteiger charge is 2.22. The molecule has 0 unspecified atom stereocenters. The number of hydrogen-bond acceptors (Lipinski definition) is 7. The maximum atomic E-state index is 12.8. The van der Waals surface area contributed by atoms with E-state index in [9.17, 15) is 21.9 Å². The molecule has 0 aliphatic carbocycles. The summed E-state index contributed by atoms with van der Waals surface area (Å²) in [6, 6.07) is 13.4. The van der Waals surface area contributed by atoms with E-state index in [4.69, 9.17) is 21.1 Å². The van der Waals surface area contributed by atoms with Crippen molar-refractivity contribution in [2.75, 3.05) is 22.7 Å². The average Bonchev–Trinajstić information content (AvgIpc) is 2.74. The molecule has 3 N–H and O–H groups in total. The van der Waals surface area contributed by atoms with Crippen LogP contribution in [0, 0.1) is 0 Å². The van der Waals surface area contributed by atoms with Gasteiger partial charge in [0.25, 0.3) is 20.0 Å². The molecule has 0 spiro atoms. The Labute approximate surface area is 189 Å². The fourth-order valence-corrected chi connectivity index (χ4v) is 5.27. The molecule has 0 amide bonds. The Hall–Kier alpha value is -3.15. The topological polar surface area (TPSA) is 131 Å². The van der Waals surface area contributed by atoms with Gasteiger partial charge in [-0.15, -0.1) is 0 Å². The van der Waals surface area contributed by atoms with E-state index in [1.807, 2.05) is 0 Å². The molecule has 0 radical (unpaired) electrons. The van der Waals surface area contributed by atoms with Gasteiger partial charge in [0.15, 0.2) is 11.5 Å². The third-order valence-electron chi connectivity index (χ3n) is 4.42. The number of fused-ring (bicyclic) bond motifs is 1. The molecule has 1 aliphatic heterocycles. The summed E-state index contributed by atoms with van der Waals surface area (Å²) in [5, 5.41) is 10.5. The van der Waals surface area contributed by atoms with Crippen molar-refractivity contribution >= 4 is 43.0 Å². The van der Waals surface area contributed by atoms with E-state index in [1.165, 1.54) is 30.3 Å². The first-order chi connectivity index (χ1) is 15.1. The number of halogens is 1. The molecule has 0 saturated carbocycles. The summed E-state index contributed by atoms with van der Waals surface area (Å²) in [5.41, 5.74) is -0.0853. The SMILES string of the molecule is O=S(=O)(Nc1cccc(Cl)c1)c1ccc(O)c(NS(=O)(=O)c2ccc3c(c2)OCCO3)c1. The lowest BCUT2D eigenvalue weighted by molar-refractivity contribution is 0.171. The first-order valence-corrected chi connectivity index (χ1v) is 12.5. The zero-order valence-corrected chi connectivity index (χ0v) is 18.7. The molecule has 0 saturated heterocycles. The van der Waals surface area contributed by atoms with E-state index in [1.54, 1.807) is 12.1 Å². The molecule has 32 heavy (non-hydrogen) atoms. The van der Waals surface area contributed by atoms with Gasteiger partial charge in [0.1, 0.15) is 19.0 Å². The Morgan fingerprint density at radius 3 is 2.19 bits per heavy atom. The maximum absolute atomic E-state index is 12.8. The van der Waals surface area contributed by atoms with Gasteiger partial charge >= 0.3 is 0 Å². The van der Waals surface area contributed by atoms with E-state index in [0.29, 0.717) is 17.4 Å². The standard InChI is InChI=1S/C20H17ClN2O7S2/c21-13-2-1-3-14(10-13)22-31(25,26)15-4-6-18(24)17(11-15)23-32(27,28)16-5-7-19-20(12-16)30-9-8-29-19/h1-7,10-12,22-24H,8-9H2. The zero-order valence-electron chi connectivity index (χ0n) is 16.3. The summed E-state index contributed by atoms with van der Waals surface area (Å²) < 4.78 is 66.5. The summed E-state index contributed by atoms with van der Waals surface area (Å²) in [5.74, 6) is 0.233. The number of phenols is 1.